The Morgan fingerprint density at radius 3 is 1.43 bits per heavy atom. The fourth-order valence-corrected chi connectivity index (χ4v) is 9.73. The molecule has 4 aromatic heterocycles. The lowest BCUT2D eigenvalue weighted by Crippen LogP contribution is -2.52. The number of nitrogens with one attached hydrogen (secondary N) is 2. The van der Waals surface area contributed by atoms with Gasteiger partial charge in [-0.1, -0.05) is 41.5 Å². The number of aromatic amines is 2. The highest BCUT2D eigenvalue weighted by Crippen LogP contribution is 2.39. The zero-order valence-corrected chi connectivity index (χ0v) is 35.2. The quantitative estimate of drug-likeness (QED) is 0.199. The minimum Gasteiger partial charge on any atom is -0.453 e. The molecule has 0 bridgehead atoms. The summed E-state index contributed by atoms with van der Waals surface area (Å²) in [5.41, 5.74) is 1.70. The first-order chi connectivity index (χ1) is 26.6. The van der Waals surface area contributed by atoms with Crippen molar-refractivity contribution in [3.8, 4) is 23.7 Å². The molecule has 0 aliphatic carbocycles. The largest absolute Gasteiger partial charge is 0.453 e. The highest BCUT2D eigenvalue weighted by molar-refractivity contribution is 7.19. The average Bonchev–Trinajstić information content (AvgIpc) is 3.99. The van der Waals surface area contributed by atoms with Crippen LogP contribution in [0.2, 0.25) is 0 Å². The van der Waals surface area contributed by atoms with Crippen LogP contribution in [0.3, 0.4) is 0 Å². The molecule has 2 N–H and O–H groups in total. The fraction of sp³-hybridized carbons (Fsp3) is 0.550. The predicted molar refractivity (Wildman–Crippen MR) is 216 cm³/mol. The van der Waals surface area contributed by atoms with Crippen LogP contribution in [0.5, 0.6) is 0 Å². The molecule has 6 heterocycles. The number of amides is 4. The van der Waals surface area contributed by atoms with Crippen LogP contribution in [0.1, 0.15) is 87.9 Å². The van der Waals surface area contributed by atoms with E-state index in [1.54, 1.807) is 14.1 Å². The van der Waals surface area contributed by atoms with Gasteiger partial charge in [0, 0.05) is 27.2 Å². The molecule has 4 aromatic rings. The molecular weight excluding hydrogens is 753 g/mol. The van der Waals surface area contributed by atoms with Crippen LogP contribution in [0.15, 0.2) is 12.1 Å². The van der Waals surface area contributed by atoms with Crippen molar-refractivity contribution in [2.45, 2.75) is 78.6 Å². The Hall–Kier alpha value is -5.06. The Morgan fingerprint density at radius 1 is 0.732 bits per heavy atom. The second kappa shape index (κ2) is 16.6. The molecule has 2 fully saturated rings. The van der Waals surface area contributed by atoms with Gasteiger partial charge in [-0.2, -0.15) is 0 Å². The molecular formula is C40H50N8O6S2. The van der Waals surface area contributed by atoms with Gasteiger partial charge in [-0.15, -0.1) is 22.7 Å². The Labute approximate surface area is 335 Å². The summed E-state index contributed by atoms with van der Waals surface area (Å²) in [7, 11) is 5.83. The van der Waals surface area contributed by atoms with E-state index in [1.807, 2.05) is 49.6 Å². The molecule has 6 atom stereocenters. The summed E-state index contributed by atoms with van der Waals surface area (Å²) in [6.45, 7) is 13.1. The Kier molecular flexibility index (Phi) is 12.0. The third kappa shape index (κ3) is 8.09. The monoisotopic (exact) mass is 802 g/mol. The smallest absolute Gasteiger partial charge is 0.409 e. The molecule has 0 radical (unpaired) electrons. The molecule has 16 heteroatoms. The van der Waals surface area contributed by atoms with Gasteiger partial charge >= 0.3 is 12.2 Å². The van der Waals surface area contributed by atoms with Gasteiger partial charge in [0.2, 0.25) is 11.8 Å². The number of likely N-dealkylation sites (tertiary alicyclic amines) is 2. The van der Waals surface area contributed by atoms with E-state index in [0.717, 1.165) is 54.9 Å². The second-order valence-electron chi connectivity index (χ2n) is 15.6. The lowest BCUT2D eigenvalue weighted by atomic mass is 10.0. The second-order valence-corrected chi connectivity index (χ2v) is 17.7. The van der Waals surface area contributed by atoms with Gasteiger partial charge in [0.1, 0.15) is 33.4 Å². The van der Waals surface area contributed by atoms with Crippen molar-refractivity contribution in [3.05, 3.63) is 33.5 Å². The molecule has 2 aliphatic rings. The van der Waals surface area contributed by atoms with Crippen molar-refractivity contribution in [3.63, 3.8) is 0 Å². The molecule has 298 valence electrons. The average molecular weight is 803 g/mol. The van der Waals surface area contributed by atoms with Crippen LogP contribution in [-0.2, 0) is 19.1 Å². The molecule has 0 unspecified atom stereocenters. The number of methoxy groups -OCH3 is 2. The van der Waals surface area contributed by atoms with Crippen LogP contribution >= 0.6 is 22.7 Å². The molecule has 0 aromatic carbocycles. The van der Waals surface area contributed by atoms with E-state index in [9.17, 15) is 19.2 Å². The number of hydrogen-bond donors (Lipinski definition) is 2. The maximum atomic E-state index is 13.8. The lowest BCUT2D eigenvalue weighted by molar-refractivity contribution is -0.139. The van der Waals surface area contributed by atoms with Gasteiger partial charge < -0.3 is 29.2 Å². The van der Waals surface area contributed by atoms with E-state index in [4.69, 9.17) is 19.4 Å². The predicted octanol–water partition coefficient (Wildman–Crippen LogP) is 6.23. The topological polar surface area (TPSA) is 157 Å². The van der Waals surface area contributed by atoms with Gasteiger partial charge in [-0.25, -0.2) is 19.6 Å². The number of imidazole rings is 2. The summed E-state index contributed by atoms with van der Waals surface area (Å²) >= 11 is 2.92. The van der Waals surface area contributed by atoms with Gasteiger partial charge in [0.05, 0.1) is 47.1 Å². The Morgan fingerprint density at radius 2 is 1.11 bits per heavy atom. The highest BCUT2D eigenvalue weighted by Gasteiger charge is 2.43. The van der Waals surface area contributed by atoms with E-state index in [-0.39, 0.29) is 47.6 Å². The van der Waals surface area contributed by atoms with E-state index in [0.29, 0.717) is 13.1 Å². The summed E-state index contributed by atoms with van der Waals surface area (Å²) in [5.74, 6) is 13.8. The molecule has 2 saturated heterocycles. The zero-order chi connectivity index (χ0) is 40.6. The highest BCUT2D eigenvalue weighted by atomic mass is 32.1. The van der Waals surface area contributed by atoms with E-state index in [1.165, 1.54) is 46.7 Å². The van der Waals surface area contributed by atoms with Crippen LogP contribution < -0.4 is 0 Å². The number of aromatic nitrogens is 4. The summed E-state index contributed by atoms with van der Waals surface area (Å²) in [5, 5.41) is 0. The number of ether oxygens (including phenoxy) is 2. The molecule has 0 spiro atoms. The third-order valence-electron chi connectivity index (χ3n) is 10.6. The minimum absolute atomic E-state index is 0.102. The van der Waals surface area contributed by atoms with Crippen molar-refractivity contribution < 1.29 is 28.7 Å². The Bertz CT molecular complexity index is 2030. The lowest BCUT2D eigenvalue weighted by Gasteiger charge is -2.34. The maximum Gasteiger partial charge on any atom is 0.409 e. The first-order valence-electron chi connectivity index (χ1n) is 18.8. The standard InChI is InChI=1S/C40H50N8O6S2/c1-21(2)31(45(7)39(51)53-9)37(49)47-19-23(5)15-29(47)33-41-27-17-25(55-35(27)43-33)13-11-12-14-26-18-28-36(56-26)44-34(42-28)30-16-24(6)20-48(30)38(50)32(22(3)4)46(8)40(52)54-10/h17-18,21-24,29-32H,15-16,19-20H2,1-10H3,(H,41,43)(H,42,44)/t23-,24-,29-,30-,31-,32-/m0/s1. The van der Waals surface area contributed by atoms with Gasteiger partial charge in [-0.05, 0) is 72.3 Å². The van der Waals surface area contributed by atoms with E-state index >= 15 is 0 Å². The van der Waals surface area contributed by atoms with Crippen LogP contribution in [0.25, 0.3) is 20.7 Å². The van der Waals surface area contributed by atoms with Crippen molar-refractivity contribution in [2.75, 3.05) is 41.4 Å². The normalized spacial score (nSPS) is 20.5. The minimum atomic E-state index is -0.651. The number of fused-ring (bicyclic) bond motifs is 2. The third-order valence-corrected chi connectivity index (χ3v) is 12.5. The molecule has 14 nitrogen and oxygen atoms in total. The summed E-state index contributed by atoms with van der Waals surface area (Å²) in [6.07, 6.45) is 0.445. The zero-order valence-electron chi connectivity index (χ0n) is 33.6. The number of carbonyl (C=O) groups excluding carboxylic acids is 4. The van der Waals surface area contributed by atoms with Gasteiger partial charge in [0.15, 0.2) is 0 Å². The summed E-state index contributed by atoms with van der Waals surface area (Å²) in [6, 6.07) is 2.14. The van der Waals surface area contributed by atoms with Crippen LogP contribution in [0.4, 0.5) is 9.59 Å². The van der Waals surface area contributed by atoms with Crippen molar-refractivity contribution in [2.24, 2.45) is 23.7 Å². The number of thiophene rings is 2. The molecule has 6 rings (SSSR count). The van der Waals surface area contributed by atoms with Gasteiger partial charge in [-0.3, -0.25) is 19.4 Å². The molecule has 56 heavy (non-hydrogen) atoms. The molecule has 2 aliphatic heterocycles. The van der Waals surface area contributed by atoms with Crippen LogP contribution in [-0.4, -0.2) is 117 Å². The molecule has 4 amide bonds. The van der Waals surface area contributed by atoms with Crippen molar-refractivity contribution in [1.29, 1.82) is 0 Å². The summed E-state index contributed by atoms with van der Waals surface area (Å²) in [4.78, 5) is 78.6. The van der Waals surface area contributed by atoms with Crippen molar-refractivity contribution in [1.82, 2.24) is 39.5 Å². The SMILES string of the molecule is COC(=O)N(C)[C@H](C(=O)N1C[C@@H](C)C[C@H]1c1nc2sc(C#CC#Cc3cc4[nH]c([C@@H]5C[C@H](C)CN5C(=O)[C@H](C(C)C)N(C)C(=O)OC)nc4s3)cc2[nH]1)C(C)C. The van der Waals surface area contributed by atoms with E-state index < -0.39 is 24.3 Å². The fourth-order valence-electron chi connectivity index (χ4n) is 8.03. The number of H-pyrrole nitrogens is 2. The number of nitrogens with zero attached hydrogens (tertiary/aromatic N) is 6. The molecule has 0 saturated carbocycles. The first kappa shape index (κ1) is 40.6. The maximum absolute atomic E-state index is 13.8. The van der Waals surface area contributed by atoms with Crippen LogP contribution in [0, 0.1) is 47.4 Å². The first-order valence-corrected chi connectivity index (χ1v) is 20.5. The number of carbonyl (C=O) groups is 4. The van der Waals surface area contributed by atoms with Crippen molar-refractivity contribution >= 4 is 67.4 Å². The number of likely N-dealkylation sites (N-methyl/N-ethyl adjacent to an activating group) is 2. The Balaban J connectivity index is 1.13. The number of hydrogen-bond acceptors (Lipinski definition) is 10. The number of rotatable bonds is 8. The summed E-state index contributed by atoms with van der Waals surface area (Å²) < 4.78 is 9.81. The van der Waals surface area contributed by atoms with E-state index in [2.05, 4.69) is 47.5 Å². The van der Waals surface area contributed by atoms with Gasteiger partial charge in [0.25, 0.3) is 0 Å².